The molecular weight excluding hydrogens is 446 g/mol. The number of nitrogens with one attached hydrogen (secondary N) is 2. The third-order valence-electron chi connectivity index (χ3n) is 5.30. The first-order chi connectivity index (χ1) is 16.0. The van der Waals surface area contributed by atoms with E-state index in [1.54, 1.807) is 31.2 Å². The number of aromatic amines is 1. The molecule has 2 N–H and O–H groups in total. The van der Waals surface area contributed by atoms with E-state index in [1.165, 1.54) is 11.3 Å². The molecule has 1 atom stereocenters. The van der Waals surface area contributed by atoms with Gasteiger partial charge in [0.15, 0.2) is 6.61 Å². The number of amides is 1. The number of hydrogen-bond acceptors (Lipinski definition) is 9. The minimum absolute atomic E-state index is 0.246. The first-order valence-corrected chi connectivity index (χ1v) is 11.4. The van der Waals surface area contributed by atoms with Crippen molar-refractivity contribution in [3.05, 3.63) is 45.8 Å². The van der Waals surface area contributed by atoms with Gasteiger partial charge < -0.3 is 14.8 Å². The molecule has 33 heavy (non-hydrogen) atoms. The minimum atomic E-state index is -0.644. The topological polar surface area (TPSA) is 136 Å². The summed E-state index contributed by atoms with van der Waals surface area (Å²) in [4.78, 5) is 38.5. The van der Waals surface area contributed by atoms with Crippen LogP contribution in [0.4, 0.5) is 5.00 Å². The molecule has 1 aromatic carbocycles. The Kier molecular flexibility index (Phi) is 6.78. The zero-order valence-electron chi connectivity index (χ0n) is 18.2. The van der Waals surface area contributed by atoms with E-state index in [2.05, 4.69) is 32.9 Å². The summed E-state index contributed by atoms with van der Waals surface area (Å²) >= 11 is 1.39. The fraction of sp³-hybridized carbons (Fsp3) is 0.364. The lowest BCUT2D eigenvalue weighted by atomic mass is 9.88. The third kappa shape index (κ3) is 5.08. The van der Waals surface area contributed by atoms with Crippen molar-refractivity contribution in [1.29, 1.82) is 0 Å². The number of esters is 2. The quantitative estimate of drug-likeness (QED) is 0.504. The molecule has 0 radical (unpaired) electrons. The molecular formula is C22H23N5O5S. The molecule has 0 fully saturated rings. The second kappa shape index (κ2) is 9.90. The van der Waals surface area contributed by atoms with Gasteiger partial charge in [-0.2, -0.15) is 5.21 Å². The van der Waals surface area contributed by atoms with Crippen LogP contribution in [0.5, 0.6) is 0 Å². The molecule has 0 spiro atoms. The van der Waals surface area contributed by atoms with E-state index in [0.29, 0.717) is 27.9 Å². The normalized spacial score (nSPS) is 14.9. The average Bonchev–Trinajstić information content (AvgIpc) is 3.45. The van der Waals surface area contributed by atoms with Gasteiger partial charge in [-0.25, -0.2) is 9.59 Å². The summed E-state index contributed by atoms with van der Waals surface area (Å²) in [5.74, 6) is -0.695. The zero-order valence-corrected chi connectivity index (χ0v) is 19.0. The molecule has 2 heterocycles. The number of carbonyl (C=O) groups excluding carboxylic acids is 3. The maximum absolute atomic E-state index is 12.6. The average molecular weight is 470 g/mol. The van der Waals surface area contributed by atoms with Crippen molar-refractivity contribution in [3.63, 3.8) is 0 Å². The number of fused-ring (bicyclic) bond motifs is 1. The largest absolute Gasteiger partial charge is 0.462 e. The van der Waals surface area contributed by atoms with Gasteiger partial charge in [0.1, 0.15) is 5.00 Å². The Morgan fingerprint density at radius 2 is 1.97 bits per heavy atom. The van der Waals surface area contributed by atoms with Gasteiger partial charge in [0.05, 0.1) is 17.7 Å². The molecule has 0 saturated carbocycles. The molecule has 4 rings (SSSR count). The van der Waals surface area contributed by atoms with Gasteiger partial charge in [-0.15, -0.1) is 21.5 Å². The van der Waals surface area contributed by atoms with Gasteiger partial charge in [0.2, 0.25) is 5.82 Å². The standard InChI is InChI=1S/C22H23N5O5S/c1-3-31-22(30)18-15-9-4-12(2)10-16(15)33-20(18)23-17(28)11-32-21(29)14-7-5-13(6-8-14)19-24-26-27-25-19/h5-8,12H,3-4,9-11H2,1-2H3,(H,23,28)(H,24,25,26,27)/t12-/m0/s1. The van der Waals surface area contributed by atoms with Crippen molar-refractivity contribution in [1.82, 2.24) is 20.6 Å². The van der Waals surface area contributed by atoms with Gasteiger partial charge in [-0.05, 0) is 55.0 Å². The molecule has 0 aliphatic heterocycles. The summed E-state index contributed by atoms with van der Waals surface area (Å²) in [5, 5.41) is 16.8. The lowest BCUT2D eigenvalue weighted by Gasteiger charge is -2.18. The van der Waals surface area contributed by atoms with Gasteiger partial charge in [-0.3, -0.25) is 4.79 Å². The van der Waals surface area contributed by atoms with E-state index in [9.17, 15) is 14.4 Å². The van der Waals surface area contributed by atoms with Crippen LogP contribution in [0.25, 0.3) is 11.4 Å². The highest BCUT2D eigenvalue weighted by Gasteiger charge is 2.29. The molecule has 1 aliphatic rings. The molecule has 11 heteroatoms. The van der Waals surface area contributed by atoms with E-state index >= 15 is 0 Å². The SMILES string of the molecule is CCOC(=O)c1c(NC(=O)COC(=O)c2ccc(-c3nn[nH]n3)cc2)sc2c1CC[C@H](C)C2. The Bertz CT molecular complexity index is 1160. The summed E-state index contributed by atoms with van der Waals surface area (Å²) < 4.78 is 10.4. The van der Waals surface area contributed by atoms with E-state index < -0.39 is 24.5 Å². The van der Waals surface area contributed by atoms with Crippen molar-refractivity contribution in [2.24, 2.45) is 5.92 Å². The van der Waals surface area contributed by atoms with Crippen LogP contribution in [0.2, 0.25) is 0 Å². The molecule has 0 bridgehead atoms. The maximum atomic E-state index is 12.6. The summed E-state index contributed by atoms with van der Waals surface area (Å²) in [6.45, 7) is 3.67. The van der Waals surface area contributed by atoms with Crippen LogP contribution in [0.3, 0.4) is 0 Å². The summed E-state index contributed by atoms with van der Waals surface area (Å²) in [6, 6.07) is 6.42. The molecule has 0 saturated heterocycles. The Balaban J connectivity index is 1.40. The van der Waals surface area contributed by atoms with Crippen LogP contribution in [0.1, 0.15) is 51.4 Å². The van der Waals surface area contributed by atoms with Crippen LogP contribution >= 0.6 is 11.3 Å². The number of thiophene rings is 1. The van der Waals surface area contributed by atoms with Crippen LogP contribution in [0.15, 0.2) is 24.3 Å². The van der Waals surface area contributed by atoms with Crippen molar-refractivity contribution < 1.29 is 23.9 Å². The molecule has 2 aromatic heterocycles. The van der Waals surface area contributed by atoms with Gasteiger partial charge in [0.25, 0.3) is 5.91 Å². The molecule has 10 nitrogen and oxygen atoms in total. The second-order valence-corrected chi connectivity index (χ2v) is 8.82. The Hall–Kier alpha value is -3.60. The second-order valence-electron chi connectivity index (χ2n) is 7.71. The van der Waals surface area contributed by atoms with Gasteiger partial charge in [0, 0.05) is 10.4 Å². The first-order valence-electron chi connectivity index (χ1n) is 10.6. The first kappa shape index (κ1) is 22.6. The Morgan fingerprint density at radius 3 is 2.67 bits per heavy atom. The predicted octanol–water partition coefficient (Wildman–Crippen LogP) is 3.03. The molecule has 172 valence electrons. The van der Waals surface area contributed by atoms with E-state index in [4.69, 9.17) is 9.47 Å². The Labute approximate surface area is 193 Å². The van der Waals surface area contributed by atoms with E-state index in [1.807, 2.05) is 0 Å². The number of nitrogens with zero attached hydrogens (tertiary/aromatic N) is 3. The molecule has 3 aromatic rings. The van der Waals surface area contributed by atoms with Gasteiger partial charge >= 0.3 is 11.9 Å². The van der Waals surface area contributed by atoms with Crippen LogP contribution in [-0.4, -0.2) is 51.7 Å². The van der Waals surface area contributed by atoms with E-state index in [0.717, 1.165) is 29.7 Å². The number of H-pyrrole nitrogens is 1. The number of aromatic nitrogens is 4. The number of ether oxygens (including phenoxy) is 2. The lowest BCUT2D eigenvalue weighted by Crippen LogP contribution is -2.22. The van der Waals surface area contributed by atoms with Gasteiger partial charge in [-0.1, -0.05) is 19.1 Å². The smallest absolute Gasteiger partial charge is 0.341 e. The molecule has 1 aliphatic carbocycles. The summed E-state index contributed by atoms with van der Waals surface area (Å²) in [5.41, 5.74) is 2.33. The van der Waals surface area contributed by atoms with Crippen LogP contribution in [0, 0.1) is 5.92 Å². The zero-order chi connectivity index (χ0) is 23.4. The number of tetrazole rings is 1. The van der Waals surface area contributed by atoms with Crippen LogP contribution < -0.4 is 5.32 Å². The highest BCUT2D eigenvalue weighted by molar-refractivity contribution is 7.17. The predicted molar refractivity (Wildman–Crippen MR) is 120 cm³/mol. The molecule has 1 amide bonds. The number of anilines is 1. The van der Waals surface area contributed by atoms with Crippen molar-refractivity contribution in [3.8, 4) is 11.4 Å². The van der Waals surface area contributed by atoms with Crippen LogP contribution in [-0.2, 0) is 27.1 Å². The third-order valence-corrected chi connectivity index (χ3v) is 6.47. The highest BCUT2D eigenvalue weighted by Crippen LogP contribution is 2.40. The van der Waals surface area contributed by atoms with Crippen molar-refractivity contribution >= 4 is 34.2 Å². The number of rotatable bonds is 7. The fourth-order valence-electron chi connectivity index (χ4n) is 3.67. The number of benzene rings is 1. The Morgan fingerprint density at radius 1 is 1.18 bits per heavy atom. The van der Waals surface area contributed by atoms with E-state index in [-0.39, 0.29) is 12.2 Å². The molecule has 0 unspecified atom stereocenters. The summed E-state index contributed by atoms with van der Waals surface area (Å²) in [7, 11) is 0. The minimum Gasteiger partial charge on any atom is -0.462 e. The number of carbonyl (C=O) groups is 3. The highest BCUT2D eigenvalue weighted by atomic mass is 32.1. The number of hydrogen-bond donors (Lipinski definition) is 2. The maximum Gasteiger partial charge on any atom is 0.341 e. The van der Waals surface area contributed by atoms with Crippen molar-refractivity contribution in [2.75, 3.05) is 18.5 Å². The lowest BCUT2D eigenvalue weighted by molar-refractivity contribution is -0.119. The fourth-order valence-corrected chi connectivity index (χ4v) is 5.09. The summed E-state index contributed by atoms with van der Waals surface area (Å²) in [6.07, 6.45) is 2.61. The van der Waals surface area contributed by atoms with Crippen molar-refractivity contribution in [2.45, 2.75) is 33.1 Å². The monoisotopic (exact) mass is 469 g/mol.